The SMILES string of the molecule is COC(=O)c1cccc(OC(F)F)n1. The van der Waals surface area contributed by atoms with E-state index in [9.17, 15) is 13.6 Å². The third-order valence-corrected chi connectivity index (χ3v) is 1.33. The molecule has 0 spiro atoms. The first-order chi connectivity index (χ1) is 6.63. The van der Waals surface area contributed by atoms with E-state index in [-0.39, 0.29) is 11.6 Å². The predicted octanol–water partition coefficient (Wildman–Crippen LogP) is 1.47. The van der Waals surface area contributed by atoms with Crippen LogP contribution in [-0.4, -0.2) is 24.7 Å². The zero-order valence-electron chi connectivity index (χ0n) is 7.24. The summed E-state index contributed by atoms with van der Waals surface area (Å²) in [6, 6.07) is 3.93. The number of aromatic nitrogens is 1. The molecule has 0 N–H and O–H groups in total. The highest BCUT2D eigenvalue weighted by atomic mass is 19.3. The normalized spacial score (nSPS) is 10.0. The average Bonchev–Trinajstić information content (AvgIpc) is 2.16. The van der Waals surface area contributed by atoms with Gasteiger partial charge in [-0.2, -0.15) is 8.78 Å². The molecule has 1 aromatic rings. The van der Waals surface area contributed by atoms with Gasteiger partial charge in [-0.05, 0) is 6.07 Å². The fourth-order valence-corrected chi connectivity index (χ4v) is 0.790. The van der Waals surface area contributed by atoms with Crippen LogP contribution in [0.5, 0.6) is 5.88 Å². The van der Waals surface area contributed by atoms with Gasteiger partial charge in [0.1, 0.15) is 0 Å². The number of halogens is 2. The zero-order chi connectivity index (χ0) is 10.6. The van der Waals surface area contributed by atoms with Crippen molar-refractivity contribution in [1.29, 1.82) is 0 Å². The Bertz CT molecular complexity index is 330. The molecule has 1 rings (SSSR count). The van der Waals surface area contributed by atoms with Crippen molar-refractivity contribution < 1.29 is 23.0 Å². The zero-order valence-corrected chi connectivity index (χ0v) is 7.24. The molecule has 0 aromatic carbocycles. The van der Waals surface area contributed by atoms with Crippen molar-refractivity contribution in [3.05, 3.63) is 23.9 Å². The lowest BCUT2D eigenvalue weighted by atomic mass is 10.3. The number of alkyl halides is 2. The Kier molecular flexibility index (Phi) is 3.33. The van der Waals surface area contributed by atoms with Crippen LogP contribution in [0.1, 0.15) is 10.5 Å². The fourth-order valence-electron chi connectivity index (χ4n) is 0.790. The van der Waals surface area contributed by atoms with Crippen LogP contribution >= 0.6 is 0 Å². The molecular formula is C8H7F2NO3. The number of pyridine rings is 1. The first kappa shape index (κ1) is 10.4. The van der Waals surface area contributed by atoms with E-state index in [1.165, 1.54) is 25.3 Å². The van der Waals surface area contributed by atoms with Crippen molar-refractivity contribution in [3.63, 3.8) is 0 Å². The molecule has 0 aliphatic heterocycles. The molecule has 0 saturated heterocycles. The van der Waals surface area contributed by atoms with Gasteiger partial charge in [0.15, 0.2) is 5.69 Å². The molecule has 6 heteroatoms. The Hall–Kier alpha value is -1.72. The van der Waals surface area contributed by atoms with E-state index in [1.54, 1.807) is 0 Å². The molecule has 0 radical (unpaired) electrons. The second-order valence-electron chi connectivity index (χ2n) is 2.23. The molecule has 0 atom stereocenters. The Morgan fingerprint density at radius 3 is 2.79 bits per heavy atom. The van der Waals surface area contributed by atoms with Gasteiger partial charge in [-0.15, -0.1) is 0 Å². The quantitative estimate of drug-likeness (QED) is 0.698. The van der Waals surface area contributed by atoms with E-state index in [0.29, 0.717) is 0 Å². The highest BCUT2D eigenvalue weighted by Crippen LogP contribution is 2.11. The second kappa shape index (κ2) is 4.50. The first-order valence-corrected chi connectivity index (χ1v) is 3.63. The predicted molar refractivity (Wildman–Crippen MR) is 42.2 cm³/mol. The van der Waals surface area contributed by atoms with Crippen LogP contribution in [-0.2, 0) is 4.74 Å². The lowest BCUT2D eigenvalue weighted by molar-refractivity contribution is -0.0530. The first-order valence-electron chi connectivity index (χ1n) is 3.63. The van der Waals surface area contributed by atoms with Gasteiger partial charge in [-0.3, -0.25) is 0 Å². The summed E-state index contributed by atoms with van der Waals surface area (Å²) in [4.78, 5) is 14.4. The molecule has 0 saturated carbocycles. The molecule has 0 aliphatic rings. The minimum Gasteiger partial charge on any atom is -0.464 e. The number of methoxy groups -OCH3 is 1. The lowest BCUT2D eigenvalue weighted by Gasteiger charge is -2.03. The number of nitrogens with zero attached hydrogens (tertiary/aromatic N) is 1. The Labute approximate surface area is 78.5 Å². The maximum Gasteiger partial charge on any atom is 0.388 e. The topological polar surface area (TPSA) is 48.4 Å². The summed E-state index contributed by atoms with van der Waals surface area (Å²) in [5, 5.41) is 0. The minimum atomic E-state index is -2.96. The highest BCUT2D eigenvalue weighted by Gasteiger charge is 2.10. The molecule has 0 bridgehead atoms. The van der Waals surface area contributed by atoms with Crippen LogP contribution in [0.4, 0.5) is 8.78 Å². The lowest BCUT2D eigenvalue weighted by Crippen LogP contribution is -2.08. The van der Waals surface area contributed by atoms with Crippen LogP contribution in [0.3, 0.4) is 0 Å². The molecule has 14 heavy (non-hydrogen) atoms. The summed E-state index contributed by atoms with van der Waals surface area (Å²) in [6.45, 7) is -2.96. The summed E-state index contributed by atoms with van der Waals surface area (Å²) in [5.41, 5.74) is -0.0781. The summed E-state index contributed by atoms with van der Waals surface area (Å²) < 4.78 is 31.9. The number of esters is 1. The van der Waals surface area contributed by atoms with Crippen LogP contribution < -0.4 is 4.74 Å². The fraction of sp³-hybridized carbons (Fsp3) is 0.250. The second-order valence-corrected chi connectivity index (χ2v) is 2.23. The minimum absolute atomic E-state index is 0.0781. The molecule has 0 aliphatic carbocycles. The monoisotopic (exact) mass is 203 g/mol. The average molecular weight is 203 g/mol. The summed E-state index contributed by atoms with van der Waals surface area (Å²) in [6.07, 6.45) is 0. The van der Waals surface area contributed by atoms with Gasteiger partial charge in [0, 0.05) is 6.07 Å². The van der Waals surface area contributed by atoms with Gasteiger partial charge in [-0.1, -0.05) is 6.07 Å². The van der Waals surface area contributed by atoms with Crippen molar-refractivity contribution in [3.8, 4) is 5.88 Å². The van der Waals surface area contributed by atoms with Gasteiger partial charge in [-0.25, -0.2) is 9.78 Å². The third kappa shape index (κ3) is 2.65. The summed E-state index contributed by atoms with van der Waals surface area (Å²) in [5.74, 6) is -1.02. The van der Waals surface area contributed by atoms with E-state index in [0.717, 1.165) is 0 Å². The molecule has 76 valence electrons. The molecule has 1 aromatic heterocycles. The molecule has 4 nitrogen and oxygen atoms in total. The largest absolute Gasteiger partial charge is 0.464 e. The van der Waals surface area contributed by atoms with E-state index < -0.39 is 12.6 Å². The number of hydrogen-bond donors (Lipinski definition) is 0. The molecule has 1 heterocycles. The van der Waals surface area contributed by atoms with Gasteiger partial charge < -0.3 is 9.47 Å². The third-order valence-electron chi connectivity index (χ3n) is 1.33. The number of ether oxygens (including phenoxy) is 2. The number of carbonyl (C=O) groups is 1. The van der Waals surface area contributed by atoms with Crippen molar-refractivity contribution in [2.24, 2.45) is 0 Å². The van der Waals surface area contributed by atoms with E-state index >= 15 is 0 Å². The molecule has 0 fully saturated rings. The van der Waals surface area contributed by atoms with Crippen molar-refractivity contribution >= 4 is 5.97 Å². The van der Waals surface area contributed by atoms with Crippen LogP contribution in [0.25, 0.3) is 0 Å². The van der Waals surface area contributed by atoms with Crippen molar-refractivity contribution in [1.82, 2.24) is 4.98 Å². The van der Waals surface area contributed by atoms with Crippen molar-refractivity contribution in [2.45, 2.75) is 6.61 Å². The smallest absolute Gasteiger partial charge is 0.388 e. The molecule has 0 unspecified atom stereocenters. The van der Waals surface area contributed by atoms with Crippen LogP contribution in [0.2, 0.25) is 0 Å². The highest BCUT2D eigenvalue weighted by molar-refractivity contribution is 5.87. The van der Waals surface area contributed by atoms with E-state index in [1.807, 2.05) is 0 Å². The number of carbonyl (C=O) groups excluding carboxylic acids is 1. The van der Waals surface area contributed by atoms with Crippen LogP contribution in [0, 0.1) is 0 Å². The van der Waals surface area contributed by atoms with Gasteiger partial charge in [0.2, 0.25) is 5.88 Å². The maximum atomic E-state index is 11.8. The maximum absolute atomic E-state index is 11.8. The summed E-state index contributed by atoms with van der Waals surface area (Å²) in [7, 11) is 1.17. The van der Waals surface area contributed by atoms with Gasteiger partial charge in [0.25, 0.3) is 0 Å². The number of hydrogen-bond acceptors (Lipinski definition) is 4. The standard InChI is InChI=1S/C8H7F2NO3/c1-13-7(12)5-3-2-4-6(11-5)14-8(9)10/h2-4,8H,1H3. The Morgan fingerprint density at radius 2 is 2.21 bits per heavy atom. The Balaban J connectivity index is 2.84. The Morgan fingerprint density at radius 1 is 1.50 bits per heavy atom. The number of rotatable bonds is 3. The van der Waals surface area contributed by atoms with E-state index in [4.69, 9.17) is 0 Å². The van der Waals surface area contributed by atoms with E-state index in [2.05, 4.69) is 14.5 Å². The molecular weight excluding hydrogens is 196 g/mol. The summed E-state index contributed by atoms with van der Waals surface area (Å²) >= 11 is 0. The van der Waals surface area contributed by atoms with Crippen LogP contribution in [0.15, 0.2) is 18.2 Å². The van der Waals surface area contributed by atoms with Crippen molar-refractivity contribution in [2.75, 3.05) is 7.11 Å². The van der Waals surface area contributed by atoms with Gasteiger partial charge >= 0.3 is 12.6 Å². The molecule has 0 amide bonds. The van der Waals surface area contributed by atoms with Gasteiger partial charge in [0.05, 0.1) is 7.11 Å².